The second kappa shape index (κ2) is 9.35. The summed E-state index contributed by atoms with van der Waals surface area (Å²) in [6.45, 7) is 11.4. The first kappa shape index (κ1) is 17.4. The van der Waals surface area contributed by atoms with E-state index in [1.54, 1.807) is 0 Å². The maximum atomic E-state index is 12.3. The molecular formula is C16H33N3O. The number of unbranched alkanes of at least 4 members (excludes halogenated alkanes) is 1. The molecule has 4 nitrogen and oxygen atoms in total. The second-order valence-electron chi connectivity index (χ2n) is 5.97. The first-order chi connectivity index (χ1) is 9.61. The van der Waals surface area contributed by atoms with Gasteiger partial charge in [-0.05, 0) is 46.2 Å². The van der Waals surface area contributed by atoms with Gasteiger partial charge in [0, 0.05) is 18.6 Å². The molecule has 1 fully saturated rings. The molecule has 0 aliphatic carbocycles. The highest BCUT2D eigenvalue weighted by atomic mass is 16.2. The highest BCUT2D eigenvalue weighted by Crippen LogP contribution is 2.22. The molecule has 1 rings (SSSR count). The molecule has 1 heterocycles. The predicted molar refractivity (Wildman–Crippen MR) is 84.9 cm³/mol. The van der Waals surface area contributed by atoms with E-state index in [-0.39, 0.29) is 11.9 Å². The maximum absolute atomic E-state index is 12.3. The summed E-state index contributed by atoms with van der Waals surface area (Å²) < 4.78 is 0. The normalized spacial score (nSPS) is 23.3. The molecule has 0 saturated carbocycles. The number of hydrogen-bond donors (Lipinski definition) is 2. The monoisotopic (exact) mass is 283 g/mol. The summed E-state index contributed by atoms with van der Waals surface area (Å²) in [6.07, 6.45) is 5.87. The maximum Gasteiger partial charge on any atom is 0.237 e. The zero-order valence-corrected chi connectivity index (χ0v) is 13.7. The Hall–Kier alpha value is -0.610. The fraction of sp³-hybridized carbons (Fsp3) is 0.938. The number of nitrogens with one attached hydrogen (secondary N) is 2. The van der Waals surface area contributed by atoms with Crippen molar-refractivity contribution in [2.45, 2.75) is 77.9 Å². The van der Waals surface area contributed by atoms with Crippen LogP contribution in [0.4, 0.5) is 0 Å². The lowest BCUT2D eigenvalue weighted by Gasteiger charge is -2.42. The van der Waals surface area contributed by atoms with E-state index in [4.69, 9.17) is 0 Å². The summed E-state index contributed by atoms with van der Waals surface area (Å²) in [7, 11) is 0. The minimum atomic E-state index is -0.0155. The van der Waals surface area contributed by atoms with Gasteiger partial charge in [0.15, 0.2) is 0 Å². The highest BCUT2D eigenvalue weighted by molar-refractivity contribution is 5.81. The molecule has 0 bridgehead atoms. The van der Waals surface area contributed by atoms with Crippen LogP contribution in [0.15, 0.2) is 0 Å². The van der Waals surface area contributed by atoms with Crippen LogP contribution in [-0.2, 0) is 4.79 Å². The van der Waals surface area contributed by atoms with E-state index in [9.17, 15) is 4.79 Å². The summed E-state index contributed by atoms with van der Waals surface area (Å²) in [5, 5.41) is 6.59. The van der Waals surface area contributed by atoms with Gasteiger partial charge in [-0.25, -0.2) is 0 Å². The van der Waals surface area contributed by atoms with Crippen LogP contribution in [-0.4, -0.2) is 48.6 Å². The van der Waals surface area contributed by atoms with Gasteiger partial charge >= 0.3 is 0 Å². The van der Waals surface area contributed by atoms with Gasteiger partial charge in [-0.1, -0.05) is 26.7 Å². The lowest BCUT2D eigenvalue weighted by Crippen LogP contribution is -2.57. The third-order valence-corrected chi connectivity index (χ3v) is 4.40. The van der Waals surface area contributed by atoms with Crippen LogP contribution < -0.4 is 10.6 Å². The average molecular weight is 283 g/mol. The van der Waals surface area contributed by atoms with E-state index < -0.39 is 0 Å². The van der Waals surface area contributed by atoms with Gasteiger partial charge in [0.2, 0.25) is 5.91 Å². The van der Waals surface area contributed by atoms with Gasteiger partial charge in [0.25, 0.3) is 0 Å². The summed E-state index contributed by atoms with van der Waals surface area (Å²) >= 11 is 0. The highest BCUT2D eigenvalue weighted by Gasteiger charge is 2.32. The molecule has 1 aliphatic rings. The second-order valence-corrected chi connectivity index (χ2v) is 5.97. The minimum Gasteiger partial charge on any atom is -0.355 e. The third kappa shape index (κ3) is 5.06. The number of hydrogen-bond acceptors (Lipinski definition) is 3. The Bertz CT molecular complexity index is 283. The van der Waals surface area contributed by atoms with Crippen LogP contribution in [0.1, 0.15) is 59.8 Å². The molecule has 0 aromatic rings. The summed E-state index contributed by atoms with van der Waals surface area (Å²) in [5.41, 5.74) is 0. The number of nitrogens with zero attached hydrogens (tertiary/aromatic N) is 1. The van der Waals surface area contributed by atoms with E-state index >= 15 is 0 Å². The van der Waals surface area contributed by atoms with E-state index in [0.717, 1.165) is 32.5 Å². The Morgan fingerprint density at radius 1 is 1.30 bits per heavy atom. The van der Waals surface area contributed by atoms with Crippen LogP contribution in [0, 0.1) is 0 Å². The molecule has 2 N–H and O–H groups in total. The fourth-order valence-corrected chi connectivity index (χ4v) is 3.14. The van der Waals surface area contributed by atoms with Crippen LogP contribution in [0.3, 0.4) is 0 Å². The summed E-state index contributed by atoms with van der Waals surface area (Å²) in [6, 6.07) is 0.917. The van der Waals surface area contributed by atoms with Gasteiger partial charge in [0.1, 0.15) is 0 Å². The Kier molecular flexibility index (Phi) is 8.15. The Labute approximate surface area is 124 Å². The standard InChI is InChI=1S/C16H33N3O/c1-5-7-11-18-16(20)14(4)19-12-9-8-10-15(19)13(3)17-6-2/h13-15,17H,5-12H2,1-4H3,(H,18,20). The van der Waals surface area contributed by atoms with Crippen molar-refractivity contribution in [2.75, 3.05) is 19.6 Å². The van der Waals surface area contributed by atoms with Crippen molar-refractivity contribution in [1.82, 2.24) is 15.5 Å². The van der Waals surface area contributed by atoms with E-state index in [0.29, 0.717) is 12.1 Å². The largest absolute Gasteiger partial charge is 0.355 e. The summed E-state index contributed by atoms with van der Waals surface area (Å²) in [4.78, 5) is 14.7. The molecule has 3 atom stereocenters. The van der Waals surface area contributed by atoms with Crippen molar-refractivity contribution in [2.24, 2.45) is 0 Å². The van der Waals surface area contributed by atoms with Crippen molar-refractivity contribution < 1.29 is 4.79 Å². The number of amides is 1. The van der Waals surface area contributed by atoms with Crippen molar-refractivity contribution in [1.29, 1.82) is 0 Å². The predicted octanol–water partition coefficient (Wildman–Crippen LogP) is 2.14. The average Bonchev–Trinajstić information content (AvgIpc) is 2.47. The molecule has 0 aromatic heterocycles. The fourth-order valence-electron chi connectivity index (χ4n) is 3.14. The lowest BCUT2D eigenvalue weighted by molar-refractivity contribution is -0.127. The Morgan fingerprint density at radius 2 is 2.05 bits per heavy atom. The third-order valence-electron chi connectivity index (χ3n) is 4.40. The van der Waals surface area contributed by atoms with Crippen LogP contribution in [0.5, 0.6) is 0 Å². The summed E-state index contributed by atoms with van der Waals surface area (Å²) in [5.74, 6) is 0.189. The molecular weight excluding hydrogens is 250 g/mol. The van der Waals surface area contributed by atoms with Gasteiger partial charge in [-0.3, -0.25) is 9.69 Å². The molecule has 0 spiro atoms. The number of carbonyl (C=O) groups is 1. The molecule has 3 unspecified atom stereocenters. The molecule has 118 valence electrons. The van der Waals surface area contributed by atoms with Crippen LogP contribution >= 0.6 is 0 Å². The van der Waals surface area contributed by atoms with Crippen LogP contribution in [0.2, 0.25) is 0 Å². The molecule has 1 saturated heterocycles. The number of rotatable bonds is 8. The quantitative estimate of drug-likeness (QED) is 0.671. The molecule has 4 heteroatoms. The molecule has 1 aliphatic heterocycles. The zero-order chi connectivity index (χ0) is 15.0. The van der Waals surface area contributed by atoms with Gasteiger partial charge in [0.05, 0.1) is 6.04 Å². The lowest BCUT2D eigenvalue weighted by atomic mass is 9.94. The number of likely N-dealkylation sites (tertiary alicyclic amines) is 1. The SMILES string of the molecule is CCCCNC(=O)C(C)N1CCCCC1C(C)NCC. The topological polar surface area (TPSA) is 44.4 Å². The number of piperidine rings is 1. The first-order valence-corrected chi connectivity index (χ1v) is 8.38. The molecule has 1 amide bonds. The van der Waals surface area contributed by atoms with Crippen molar-refractivity contribution in [3.8, 4) is 0 Å². The van der Waals surface area contributed by atoms with E-state index in [1.807, 2.05) is 0 Å². The number of carbonyl (C=O) groups excluding carboxylic acids is 1. The van der Waals surface area contributed by atoms with Crippen LogP contribution in [0.25, 0.3) is 0 Å². The number of likely N-dealkylation sites (N-methyl/N-ethyl adjacent to an activating group) is 1. The van der Waals surface area contributed by atoms with Crippen molar-refractivity contribution in [3.63, 3.8) is 0 Å². The Morgan fingerprint density at radius 3 is 2.70 bits per heavy atom. The van der Waals surface area contributed by atoms with Crippen molar-refractivity contribution in [3.05, 3.63) is 0 Å². The van der Waals surface area contributed by atoms with Gasteiger partial charge < -0.3 is 10.6 Å². The molecule has 0 aromatic carbocycles. The van der Waals surface area contributed by atoms with E-state index in [2.05, 4.69) is 43.2 Å². The smallest absolute Gasteiger partial charge is 0.237 e. The molecule has 20 heavy (non-hydrogen) atoms. The molecule has 0 radical (unpaired) electrons. The minimum absolute atomic E-state index is 0.0155. The Balaban J connectivity index is 2.57. The van der Waals surface area contributed by atoms with E-state index in [1.165, 1.54) is 19.3 Å². The first-order valence-electron chi connectivity index (χ1n) is 8.38. The van der Waals surface area contributed by atoms with Gasteiger partial charge in [-0.15, -0.1) is 0 Å². The van der Waals surface area contributed by atoms with Gasteiger partial charge in [-0.2, -0.15) is 0 Å². The van der Waals surface area contributed by atoms with Crippen molar-refractivity contribution >= 4 is 5.91 Å². The zero-order valence-electron chi connectivity index (χ0n) is 13.7.